The fraction of sp³-hybridized carbons (Fsp3) is 0.0476. The SMILES string of the molecule is COc1cc(C(=O)N/N=C\c2ccc(Oc3ccc([N+](=O)[O-])cc3[N+](=O)[O-])cc2)ccc1I. The number of halogens is 1. The molecule has 0 saturated carbocycles. The molecule has 0 bridgehead atoms. The van der Waals surface area contributed by atoms with Crippen molar-refractivity contribution < 1.29 is 24.1 Å². The number of nitrogens with one attached hydrogen (secondary N) is 1. The van der Waals surface area contributed by atoms with Gasteiger partial charge >= 0.3 is 5.69 Å². The number of nitro groups is 2. The van der Waals surface area contributed by atoms with E-state index < -0.39 is 27.1 Å². The van der Waals surface area contributed by atoms with Crippen molar-refractivity contribution in [1.29, 1.82) is 0 Å². The summed E-state index contributed by atoms with van der Waals surface area (Å²) in [5.41, 5.74) is 2.50. The summed E-state index contributed by atoms with van der Waals surface area (Å²) in [4.78, 5) is 32.8. The highest BCUT2D eigenvalue weighted by Crippen LogP contribution is 2.34. The van der Waals surface area contributed by atoms with Gasteiger partial charge in [-0.15, -0.1) is 0 Å². The molecule has 1 N–H and O–H groups in total. The van der Waals surface area contributed by atoms with Gasteiger partial charge in [-0.05, 0) is 76.7 Å². The van der Waals surface area contributed by atoms with Crippen LogP contribution < -0.4 is 14.9 Å². The second-order valence-electron chi connectivity index (χ2n) is 6.39. The number of ether oxygens (including phenoxy) is 2. The standard InChI is InChI=1S/C21H15IN4O7/c1-32-20-10-14(4-8-17(20)22)21(27)24-23-12-13-2-6-16(7-3-13)33-19-9-5-15(25(28)29)11-18(19)26(30)31/h2-12H,1H3,(H,24,27)/b23-12-. The van der Waals surface area contributed by atoms with Gasteiger partial charge in [-0.3, -0.25) is 25.0 Å². The van der Waals surface area contributed by atoms with Crippen molar-refractivity contribution in [2.45, 2.75) is 0 Å². The van der Waals surface area contributed by atoms with Crippen LogP contribution in [-0.2, 0) is 0 Å². The number of methoxy groups -OCH3 is 1. The quantitative estimate of drug-likeness (QED) is 0.182. The van der Waals surface area contributed by atoms with Gasteiger partial charge in [0.2, 0.25) is 5.75 Å². The third kappa shape index (κ3) is 6.00. The molecule has 3 aromatic rings. The lowest BCUT2D eigenvalue weighted by Crippen LogP contribution is -2.17. The van der Waals surface area contributed by atoms with Crippen LogP contribution in [-0.4, -0.2) is 29.1 Å². The van der Waals surface area contributed by atoms with Crippen LogP contribution in [0.5, 0.6) is 17.2 Å². The molecule has 0 aliphatic carbocycles. The number of nitrogens with zero attached hydrogens (tertiary/aromatic N) is 3. The average Bonchev–Trinajstić information content (AvgIpc) is 2.80. The van der Waals surface area contributed by atoms with E-state index >= 15 is 0 Å². The first-order valence-electron chi connectivity index (χ1n) is 9.16. The van der Waals surface area contributed by atoms with E-state index in [0.717, 1.165) is 15.7 Å². The smallest absolute Gasteiger partial charge is 0.318 e. The van der Waals surface area contributed by atoms with Crippen molar-refractivity contribution in [1.82, 2.24) is 5.43 Å². The molecule has 0 saturated heterocycles. The van der Waals surface area contributed by atoms with Crippen molar-refractivity contribution in [3.8, 4) is 17.2 Å². The molecule has 0 atom stereocenters. The molecule has 0 aliphatic heterocycles. The van der Waals surface area contributed by atoms with E-state index in [2.05, 4.69) is 33.1 Å². The average molecular weight is 562 g/mol. The van der Waals surface area contributed by atoms with E-state index in [9.17, 15) is 25.0 Å². The summed E-state index contributed by atoms with van der Waals surface area (Å²) < 4.78 is 11.6. The minimum atomic E-state index is -0.755. The minimum absolute atomic E-state index is 0.132. The fourth-order valence-corrected chi connectivity index (χ4v) is 3.18. The molecule has 3 aromatic carbocycles. The van der Waals surface area contributed by atoms with E-state index in [-0.39, 0.29) is 11.5 Å². The predicted molar refractivity (Wildman–Crippen MR) is 127 cm³/mol. The first-order valence-corrected chi connectivity index (χ1v) is 10.2. The normalized spacial score (nSPS) is 10.6. The highest BCUT2D eigenvalue weighted by Gasteiger charge is 2.21. The fourth-order valence-electron chi connectivity index (χ4n) is 2.63. The molecule has 168 valence electrons. The number of non-ortho nitro benzene ring substituents is 1. The number of benzene rings is 3. The number of carbonyl (C=O) groups excluding carboxylic acids is 1. The van der Waals surface area contributed by atoms with Crippen molar-refractivity contribution in [3.05, 3.63) is 95.6 Å². The zero-order valence-electron chi connectivity index (χ0n) is 16.9. The highest BCUT2D eigenvalue weighted by molar-refractivity contribution is 14.1. The molecule has 0 fully saturated rings. The van der Waals surface area contributed by atoms with Crippen LogP contribution >= 0.6 is 22.6 Å². The maximum atomic E-state index is 12.2. The van der Waals surface area contributed by atoms with E-state index in [4.69, 9.17) is 9.47 Å². The Bertz CT molecular complexity index is 1250. The van der Waals surface area contributed by atoms with Crippen molar-refractivity contribution in [2.75, 3.05) is 7.11 Å². The lowest BCUT2D eigenvalue weighted by Gasteiger charge is -2.07. The van der Waals surface area contributed by atoms with Crippen LogP contribution in [0.25, 0.3) is 0 Å². The van der Waals surface area contributed by atoms with Gasteiger partial charge in [-0.2, -0.15) is 5.10 Å². The van der Waals surface area contributed by atoms with Crippen LogP contribution in [0.15, 0.2) is 65.8 Å². The number of hydrogen-bond acceptors (Lipinski definition) is 8. The second kappa shape index (κ2) is 10.5. The Morgan fingerprint density at radius 2 is 1.73 bits per heavy atom. The first-order chi connectivity index (χ1) is 15.8. The van der Waals surface area contributed by atoms with Crippen molar-refractivity contribution >= 4 is 46.1 Å². The van der Waals surface area contributed by atoms with Gasteiger partial charge in [0.25, 0.3) is 11.6 Å². The number of carbonyl (C=O) groups is 1. The number of hydrogen-bond donors (Lipinski definition) is 1. The molecular formula is C21H15IN4O7. The summed E-state index contributed by atoms with van der Waals surface area (Å²) in [7, 11) is 1.52. The molecule has 1 amide bonds. The van der Waals surface area contributed by atoms with Gasteiger partial charge in [-0.25, -0.2) is 5.43 Å². The van der Waals surface area contributed by atoms with Crippen LogP contribution in [0, 0.1) is 23.8 Å². The molecule has 11 nitrogen and oxygen atoms in total. The second-order valence-corrected chi connectivity index (χ2v) is 7.55. The number of amides is 1. The summed E-state index contributed by atoms with van der Waals surface area (Å²) >= 11 is 2.10. The Balaban J connectivity index is 1.66. The van der Waals surface area contributed by atoms with Gasteiger partial charge in [0.05, 0.1) is 32.8 Å². The van der Waals surface area contributed by atoms with E-state index in [1.54, 1.807) is 30.3 Å². The molecule has 0 aromatic heterocycles. The van der Waals surface area contributed by atoms with Gasteiger partial charge in [0.1, 0.15) is 11.5 Å². The van der Waals surface area contributed by atoms with Crippen molar-refractivity contribution in [3.63, 3.8) is 0 Å². The largest absolute Gasteiger partial charge is 0.496 e. The molecule has 0 heterocycles. The number of nitro benzene ring substituents is 2. The minimum Gasteiger partial charge on any atom is -0.496 e. The van der Waals surface area contributed by atoms with Crippen LogP contribution in [0.2, 0.25) is 0 Å². The third-order valence-corrected chi connectivity index (χ3v) is 5.14. The molecule has 0 unspecified atom stereocenters. The molecule has 3 rings (SSSR count). The maximum absolute atomic E-state index is 12.2. The zero-order chi connectivity index (χ0) is 24.0. The Morgan fingerprint density at radius 3 is 2.36 bits per heavy atom. The van der Waals surface area contributed by atoms with E-state index in [0.29, 0.717) is 16.9 Å². The maximum Gasteiger partial charge on any atom is 0.318 e. The third-order valence-electron chi connectivity index (χ3n) is 4.25. The van der Waals surface area contributed by atoms with Gasteiger partial charge in [0, 0.05) is 11.6 Å². The molecule has 33 heavy (non-hydrogen) atoms. The molecule has 0 spiro atoms. The summed E-state index contributed by atoms with van der Waals surface area (Å²) in [5, 5.41) is 26.0. The highest BCUT2D eigenvalue weighted by atomic mass is 127. The molecule has 12 heteroatoms. The van der Waals surface area contributed by atoms with Gasteiger partial charge < -0.3 is 9.47 Å². The first kappa shape index (κ1) is 23.6. The predicted octanol–water partition coefficient (Wildman–Crippen LogP) is 4.67. The van der Waals surface area contributed by atoms with E-state index in [1.807, 2.05) is 0 Å². The summed E-state index contributed by atoms with van der Waals surface area (Å²) in [6.45, 7) is 0. The van der Waals surface area contributed by atoms with Crippen LogP contribution in [0.3, 0.4) is 0 Å². The Hall–Kier alpha value is -4.07. The monoisotopic (exact) mass is 562 g/mol. The van der Waals surface area contributed by atoms with Crippen LogP contribution in [0.1, 0.15) is 15.9 Å². The number of hydrazone groups is 1. The van der Waals surface area contributed by atoms with Gasteiger partial charge in [-0.1, -0.05) is 0 Å². The summed E-state index contributed by atoms with van der Waals surface area (Å²) in [6.07, 6.45) is 1.42. The molecule has 0 radical (unpaired) electrons. The molecular weight excluding hydrogens is 547 g/mol. The Kier molecular flexibility index (Phi) is 7.50. The zero-order valence-corrected chi connectivity index (χ0v) is 19.1. The Labute approximate surface area is 200 Å². The summed E-state index contributed by atoms with van der Waals surface area (Å²) in [6, 6.07) is 14.5. The molecule has 0 aliphatic rings. The lowest BCUT2D eigenvalue weighted by atomic mass is 10.2. The topological polar surface area (TPSA) is 146 Å². The van der Waals surface area contributed by atoms with Crippen molar-refractivity contribution in [2.24, 2.45) is 5.10 Å². The lowest BCUT2D eigenvalue weighted by molar-refractivity contribution is -0.394. The van der Waals surface area contributed by atoms with Crippen LogP contribution in [0.4, 0.5) is 11.4 Å². The van der Waals surface area contributed by atoms with Gasteiger partial charge in [0.15, 0.2) is 0 Å². The van der Waals surface area contributed by atoms with E-state index in [1.165, 1.54) is 31.5 Å². The Morgan fingerprint density at radius 1 is 1.00 bits per heavy atom. The summed E-state index contributed by atoms with van der Waals surface area (Å²) in [5.74, 6) is 0.314. The number of rotatable bonds is 8.